The molecule has 0 saturated heterocycles. The Morgan fingerprint density at radius 1 is 1.16 bits per heavy atom. The summed E-state index contributed by atoms with van der Waals surface area (Å²) in [5.41, 5.74) is 2.29. The second kappa shape index (κ2) is 8.92. The molecule has 3 nitrogen and oxygen atoms in total. The lowest BCUT2D eigenvalue weighted by atomic mass is 10.0. The smallest absolute Gasteiger partial charge is 0.0562 e. The first-order valence-corrected chi connectivity index (χ1v) is 7.55. The number of nitrogens with zero attached hydrogens (tertiary/aromatic N) is 1. The summed E-state index contributed by atoms with van der Waals surface area (Å²) in [7, 11) is 0. The minimum Gasteiger partial charge on any atom is -0.385 e. The zero-order chi connectivity index (χ0) is 14.1. The third-order valence-corrected chi connectivity index (χ3v) is 3.42. The highest BCUT2D eigenvalue weighted by Crippen LogP contribution is 2.12. The van der Waals surface area contributed by atoms with Gasteiger partial charge in [0, 0.05) is 25.0 Å². The number of nitrogens with one attached hydrogen (secondary N) is 2. The van der Waals surface area contributed by atoms with Crippen LogP contribution in [0.5, 0.6) is 0 Å². The third-order valence-electron chi connectivity index (χ3n) is 3.42. The van der Waals surface area contributed by atoms with Crippen molar-refractivity contribution in [1.82, 2.24) is 10.3 Å². The number of rotatable bonds is 9. The predicted octanol–water partition coefficient (Wildman–Crippen LogP) is 3.68. The Balaban J connectivity index is 2.43. The van der Waals surface area contributed by atoms with E-state index in [0.717, 1.165) is 31.2 Å². The van der Waals surface area contributed by atoms with Crippen molar-refractivity contribution in [3.05, 3.63) is 24.0 Å². The summed E-state index contributed by atoms with van der Waals surface area (Å²) in [5, 5.41) is 6.94. The van der Waals surface area contributed by atoms with Crippen molar-refractivity contribution in [2.24, 2.45) is 11.8 Å². The van der Waals surface area contributed by atoms with Crippen LogP contribution in [0.15, 0.2) is 18.3 Å². The van der Waals surface area contributed by atoms with Crippen LogP contribution >= 0.6 is 0 Å². The maximum absolute atomic E-state index is 4.40. The summed E-state index contributed by atoms with van der Waals surface area (Å²) in [6.45, 7) is 11.9. The molecule has 2 N–H and O–H groups in total. The average Bonchev–Trinajstić information content (AvgIpc) is 2.40. The SMILES string of the molecule is CCC(CC)CNc1ccnc(CNCC(C)C)c1. The second-order valence-electron chi connectivity index (χ2n) is 5.62. The van der Waals surface area contributed by atoms with Gasteiger partial charge >= 0.3 is 0 Å². The van der Waals surface area contributed by atoms with E-state index in [9.17, 15) is 0 Å². The molecule has 1 aromatic heterocycles. The Kier molecular flexibility index (Phi) is 7.49. The van der Waals surface area contributed by atoms with Crippen molar-refractivity contribution >= 4 is 5.69 Å². The number of pyridine rings is 1. The van der Waals surface area contributed by atoms with Gasteiger partial charge in [0.2, 0.25) is 0 Å². The summed E-state index contributed by atoms with van der Waals surface area (Å²) in [6, 6.07) is 4.20. The molecule has 1 heterocycles. The van der Waals surface area contributed by atoms with E-state index < -0.39 is 0 Å². The maximum atomic E-state index is 4.40. The first-order chi connectivity index (χ1) is 9.15. The fourth-order valence-corrected chi connectivity index (χ4v) is 2.01. The van der Waals surface area contributed by atoms with E-state index in [4.69, 9.17) is 0 Å². The molecule has 0 aromatic carbocycles. The van der Waals surface area contributed by atoms with Crippen LogP contribution in [-0.2, 0) is 6.54 Å². The van der Waals surface area contributed by atoms with Gasteiger partial charge in [-0.25, -0.2) is 0 Å². The highest BCUT2D eigenvalue weighted by Gasteiger charge is 2.03. The molecule has 1 aromatic rings. The number of hydrogen-bond donors (Lipinski definition) is 2. The van der Waals surface area contributed by atoms with E-state index in [-0.39, 0.29) is 0 Å². The molecule has 0 aliphatic carbocycles. The average molecular weight is 263 g/mol. The first kappa shape index (κ1) is 16.0. The molecule has 0 bridgehead atoms. The van der Waals surface area contributed by atoms with Gasteiger partial charge in [-0.05, 0) is 30.5 Å². The van der Waals surface area contributed by atoms with Crippen molar-refractivity contribution in [2.75, 3.05) is 18.4 Å². The fraction of sp³-hybridized carbons (Fsp3) is 0.688. The predicted molar refractivity (Wildman–Crippen MR) is 83.3 cm³/mol. The molecule has 0 unspecified atom stereocenters. The quantitative estimate of drug-likeness (QED) is 0.713. The van der Waals surface area contributed by atoms with Crippen LogP contribution in [0.3, 0.4) is 0 Å². The third kappa shape index (κ3) is 6.58. The van der Waals surface area contributed by atoms with Gasteiger partial charge in [-0.2, -0.15) is 0 Å². The first-order valence-electron chi connectivity index (χ1n) is 7.55. The van der Waals surface area contributed by atoms with Crippen molar-refractivity contribution in [3.8, 4) is 0 Å². The minimum atomic E-state index is 0.677. The van der Waals surface area contributed by atoms with E-state index in [1.54, 1.807) is 0 Å². The molecule has 19 heavy (non-hydrogen) atoms. The minimum absolute atomic E-state index is 0.677. The van der Waals surface area contributed by atoms with Gasteiger partial charge in [-0.3, -0.25) is 4.98 Å². The number of aromatic nitrogens is 1. The van der Waals surface area contributed by atoms with Crippen LogP contribution in [-0.4, -0.2) is 18.1 Å². The van der Waals surface area contributed by atoms with Crippen molar-refractivity contribution in [2.45, 2.75) is 47.1 Å². The molecule has 0 fully saturated rings. The van der Waals surface area contributed by atoms with Gasteiger partial charge in [-0.15, -0.1) is 0 Å². The summed E-state index contributed by atoms with van der Waals surface area (Å²) in [6.07, 6.45) is 4.36. The zero-order valence-corrected chi connectivity index (χ0v) is 12.9. The molecule has 0 amide bonds. The second-order valence-corrected chi connectivity index (χ2v) is 5.62. The van der Waals surface area contributed by atoms with Crippen LogP contribution in [0.2, 0.25) is 0 Å². The van der Waals surface area contributed by atoms with Crippen molar-refractivity contribution in [1.29, 1.82) is 0 Å². The van der Waals surface area contributed by atoms with Crippen molar-refractivity contribution < 1.29 is 0 Å². The molecule has 0 radical (unpaired) electrons. The Labute approximate surface area is 118 Å². The lowest BCUT2D eigenvalue weighted by molar-refractivity contribution is 0.519. The summed E-state index contributed by atoms with van der Waals surface area (Å²) < 4.78 is 0. The highest BCUT2D eigenvalue weighted by molar-refractivity contribution is 5.43. The van der Waals surface area contributed by atoms with E-state index in [1.165, 1.54) is 18.5 Å². The molecule has 0 aliphatic heterocycles. The fourth-order valence-electron chi connectivity index (χ4n) is 2.01. The summed E-state index contributed by atoms with van der Waals surface area (Å²) >= 11 is 0. The summed E-state index contributed by atoms with van der Waals surface area (Å²) in [4.78, 5) is 4.40. The monoisotopic (exact) mass is 263 g/mol. The molecule has 3 heteroatoms. The van der Waals surface area contributed by atoms with Crippen LogP contribution in [0.25, 0.3) is 0 Å². The van der Waals surface area contributed by atoms with Gasteiger partial charge in [-0.1, -0.05) is 40.5 Å². The van der Waals surface area contributed by atoms with Crippen LogP contribution in [0.4, 0.5) is 5.69 Å². The highest BCUT2D eigenvalue weighted by atomic mass is 14.9. The molecular formula is C16H29N3. The Hall–Kier alpha value is -1.09. The number of anilines is 1. The van der Waals surface area contributed by atoms with Gasteiger partial charge in [0.25, 0.3) is 0 Å². The van der Waals surface area contributed by atoms with Crippen LogP contribution < -0.4 is 10.6 Å². The van der Waals surface area contributed by atoms with Crippen LogP contribution in [0, 0.1) is 11.8 Å². The molecule has 1 rings (SSSR count). The Morgan fingerprint density at radius 2 is 1.89 bits per heavy atom. The largest absolute Gasteiger partial charge is 0.385 e. The molecular weight excluding hydrogens is 234 g/mol. The van der Waals surface area contributed by atoms with Crippen LogP contribution in [0.1, 0.15) is 46.2 Å². The lowest BCUT2D eigenvalue weighted by Gasteiger charge is -2.15. The molecule has 0 spiro atoms. The van der Waals surface area contributed by atoms with E-state index in [1.807, 2.05) is 12.3 Å². The van der Waals surface area contributed by atoms with Gasteiger partial charge in [0.1, 0.15) is 0 Å². The van der Waals surface area contributed by atoms with Crippen molar-refractivity contribution in [3.63, 3.8) is 0 Å². The molecule has 0 aliphatic rings. The Morgan fingerprint density at radius 3 is 2.53 bits per heavy atom. The normalized spacial score (nSPS) is 11.3. The molecule has 0 saturated carbocycles. The van der Waals surface area contributed by atoms with Gasteiger partial charge < -0.3 is 10.6 Å². The van der Waals surface area contributed by atoms with E-state index in [0.29, 0.717) is 5.92 Å². The van der Waals surface area contributed by atoms with Gasteiger partial charge in [0.15, 0.2) is 0 Å². The van der Waals surface area contributed by atoms with E-state index in [2.05, 4.69) is 49.4 Å². The topological polar surface area (TPSA) is 37.0 Å². The van der Waals surface area contributed by atoms with E-state index >= 15 is 0 Å². The number of hydrogen-bond acceptors (Lipinski definition) is 3. The Bertz CT molecular complexity index is 346. The molecule has 108 valence electrons. The lowest BCUT2D eigenvalue weighted by Crippen LogP contribution is -2.19. The standard InChI is InChI=1S/C16H29N3/c1-5-14(6-2)11-19-15-7-8-18-16(9-15)12-17-10-13(3)4/h7-9,13-14,17H,5-6,10-12H2,1-4H3,(H,18,19). The molecule has 0 atom stereocenters. The maximum Gasteiger partial charge on any atom is 0.0562 e. The zero-order valence-electron chi connectivity index (χ0n) is 12.9. The van der Waals surface area contributed by atoms with Gasteiger partial charge in [0.05, 0.1) is 5.69 Å². The summed E-state index contributed by atoms with van der Waals surface area (Å²) in [5.74, 6) is 1.44.